The molecule has 0 aliphatic heterocycles. The van der Waals surface area contributed by atoms with Crippen LogP contribution in [0.5, 0.6) is 0 Å². The van der Waals surface area contributed by atoms with E-state index >= 15 is 0 Å². The van der Waals surface area contributed by atoms with E-state index in [0.29, 0.717) is 0 Å². The molecular weight excluding hydrogens is 176 g/mol. The van der Waals surface area contributed by atoms with E-state index in [4.69, 9.17) is 4.74 Å². The minimum atomic E-state index is -0.218. The molecule has 1 aromatic carbocycles. The summed E-state index contributed by atoms with van der Waals surface area (Å²) in [5.41, 5.74) is 2.28. The third-order valence-corrected chi connectivity index (χ3v) is 2.51. The Labute approximate surface area is 83.2 Å². The maximum Gasteiger partial charge on any atom is 0.317 e. The quantitative estimate of drug-likeness (QED) is 0.498. The van der Waals surface area contributed by atoms with Crippen molar-refractivity contribution in [2.45, 2.75) is 12.3 Å². The van der Waals surface area contributed by atoms with Crippen LogP contribution in [0.4, 0.5) is 0 Å². The highest BCUT2D eigenvalue weighted by atomic mass is 16.5. The van der Waals surface area contributed by atoms with E-state index in [9.17, 15) is 4.79 Å². The van der Waals surface area contributed by atoms with Gasteiger partial charge in [0, 0.05) is 0 Å². The molecule has 1 unspecified atom stereocenters. The molecule has 2 nitrogen and oxygen atoms in total. The Morgan fingerprint density at radius 1 is 1.43 bits per heavy atom. The largest absolute Gasteiger partial charge is 0.468 e. The molecule has 0 spiro atoms. The second-order valence-electron chi connectivity index (χ2n) is 3.33. The zero-order chi connectivity index (χ0) is 9.97. The van der Waals surface area contributed by atoms with E-state index in [-0.39, 0.29) is 11.9 Å². The van der Waals surface area contributed by atoms with Crippen molar-refractivity contribution in [1.82, 2.24) is 0 Å². The average molecular weight is 188 g/mol. The monoisotopic (exact) mass is 188 g/mol. The first-order valence-electron chi connectivity index (χ1n) is 4.65. The summed E-state index contributed by atoms with van der Waals surface area (Å²) in [4.78, 5) is 11.5. The maximum atomic E-state index is 11.5. The lowest BCUT2D eigenvalue weighted by molar-refractivity contribution is -0.141. The topological polar surface area (TPSA) is 26.3 Å². The molecular formula is C12H12O2. The van der Waals surface area contributed by atoms with Gasteiger partial charge in [-0.2, -0.15) is 0 Å². The molecule has 0 bridgehead atoms. The number of hydrogen-bond acceptors (Lipinski definition) is 2. The molecule has 2 rings (SSSR count). The van der Waals surface area contributed by atoms with Gasteiger partial charge in [-0.25, -0.2) is 0 Å². The van der Waals surface area contributed by atoms with Crippen molar-refractivity contribution in [3.63, 3.8) is 0 Å². The van der Waals surface area contributed by atoms with E-state index in [0.717, 1.165) is 12.0 Å². The molecule has 14 heavy (non-hydrogen) atoms. The smallest absolute Gasteiger partial charge is 0.317 e. The van der Waals surface area contributed by atoms with Gasteiger partial charge < -0.3 is 4.74 Å². The molecule has 2 heteroatoms. The number of methoxy groups -OCH3 is 1. The van der Waals surface area contributed by atoms with Crippen LogP contribution in [0.3, 0.4) is 0 Å². The zero-order valence-corrected chi connectivity index (χ0v) is 8.07. The summed E-state index contributed by atoms with van der Waals surface area (Å²) in [6.45, 7) is 0. The van der Waals surface area contributed by atoms with Gasteiger partial charge in [0.25, 0.3) is 0 Å². The molecule has 0 N–H and O–H groups in total. The second-order valence-corrected chi connectivity index (χ2v) is 3.33. The third kappa shape index (κ3) is 1.43. The summed E-state index contributed by atoms with van der Waals surface area (Å²) >= 11 is 0. The molecule has 0 aromatic heterocycles. The Kier molecular flexibility index (Phi) is 2.35. The van der Waals surface area contributed by atoms with Gasteiger partial charge in [-0.1, -0.05) is 36.4 Å². The molecule has 0 amide bonds. The number of carbonyl (C=O) groups is 1. The van der Waals surface area contributed by atoms with Crippen molar-refractivity contribution in [3.05, 3.63) is 47.5 Å². The van der Waals surface area contributed by atoms with Crippen molar-refractivity contribution < 1.29 is 9.53 Å². The van der Waals surface area contributed by atoms with Gasteiger partial charge in [-0.3, -0.25) is 4.79 Å². The Morgan fingerprint density at radius 2 is 2.21 bits per heavy atom. The molecule has 1 aliphatic rings. The van der Waals surface area contributed by atoms with Crippen LogP contribution in [0.2, 0.25) is 0 Å². The Morgan fingerprint density at radius 3 is 3.00 bits per heavy atom. The average Bonchev–Trinajstić information content (AvgIpc) is 2.27. The first kappa shape index (κ1) is 9.00. The molecule has 1 aliphatic carbocycles. The molecule has 0 radical (unpaired) electrons. The lowest BCUT2D eigenvalue weighted by Gasteiger charge is -2.18. The van der Waals surface area contributed by atoms with Crippen molar-refractivity contribution in [3.8, 4) is 0 Å². The fourth-order valence-corrected chi connectivity index (χ4v) is 1.79. The number of ether oxygens (including phenoxy) is 1. The standard InChI is InChI=1S/C12H12O2/c1-14-12(13)11-8-4-6-9-5-2-3-7-10(9)11/h2-5,7-8,11H,6H2,1H3. The van der Waals surface area contributed by atoms with E-state index < -0.39 is 0 Å². The van der Waals surface area contributed by atoms with Crippen molar-refractivity contribution in [2.24, 2.45) is 0 Å². The van der Waals surface area contributed by atoms with E-state index in [2.05, 4.69) is 6.07 Å². The van der Waals surface area contributed by atoms with Crippen LogP contribution in [-0.4, -0.2) is 13.1 Å². The first-order chi connectivity index (χ1) is 6.83. The summed E-state index contributed by atoms with van der Waals surface area (Å²) in [7, 11) is 1.42. The summed E-state index contributed by atoms with van der Waals surface area (Å²) < 4.78 is 4.76. The SMILES string of the molecule is COC(=O)C1C=CCc2ccccc21. The lowest BCUT2D eigenvalue weighted by Crippen LogP contribution is -2.16. The highest BCUT2D eigenvalue weighted by Gasteiger charge is 2.22. The van der Waals surface area contributed by atoms with E-state index in [1.807, 2.05) is 30.4 Å². The van der Waals surface area contributed by atoms with E-state index in [1.165, 1.54) is 12.7 Å². The number of carbonyl (C=O) groups excluding carboxylic acids is 1. The number of hydrogen-bond donors (Lipinski definition) is 0. The molecule has 72 valence electrons. The van der Waals surface area contributed by atoms with Crippen LogP contribution < -0.4 is 0 Å². The molecule has 1 aromatic rings. The number of benzene rings is 1. The highest BCUT2D eigenvalue weighted by molar-refractivity contribution is 5.81. The fourth-order valence-electron chi connectivity index (χ4n) is 1.79. The van der Waals surface area contributed by atoms with Gasteiger partial charge in [0.2, 0.25) is 0 Å². The summed E-state index contributed by atoms with van der Waals surface area (Å²) in [5.74, 6) is -0.404. The van der Waals surface area contributed by atoms with Crippen LogP contribution in [0.15, 0.2) is 36.4 Å². The lowest BCUT2D eigenvalue weighted by atomic mass is 9.88. The predicted octanol–water partition coefficient (Wildman–Crippen LogP) is 2.06. The van der Waals surface area contributed by atoms with Gasteiger partial charge >= 0.3 is 5.97 Å². The highest BCUT2D eigenvalue weighted by Crippen LogP contribution is 2.27. The van der Waals surface area contributed by atoms with E-state index in [1.54, 1.807) is 0 Å². The van der Waals surface area contributed by atoms with Crippen molar-refractivity contribution in [1.29, 1.82) is 0 Å². The van der Waals surface area contributed by atoms with Crippen LogP contribution >= 0.6 is 0 Å². The number of fused-ring (bicyclic) bond motifs is 1. The van der Waals surface area contributed by atoms with Gasteiger partial charge in [0.05, 0.1) is 7.11 Å². The van der Waals surface area contributed by atoms with Crippen LogP contribution in [0.25, 0.3) is 0 Å². The van der Waals surface area contributed by atoms with Gasteiger partial charge in [0.1, 0.15) is 5.92 Å². The van der Waals surface area contributed by atoms with Crippen LogP contribution in [0.1, 0.15) is 17.0 Å². The Bertz CT molecular complexity index is 380. The van der Waals surface area contributed by atoms with Crippen molar-refractivity contribution in [2.75, 3.05) is 7.11 Å². The van der Waals surface area contributed by atoms with Crippen molar-refractivity contribution >= 4 is 5.97 Å². The number of esters is 1. The number of rotatable bonds is 1. The van der Waals surface area contributed by atoms with Gasteiger partial charge in [0.15, 0.2) is 0 Å². The Balaban J connectivity index is 2.40. The number of allylic oxidation sites excluding steroid dienone is 1. The molecule has 0 heterocycles. The third-order valence-electron chi connectivity index (χ3n) is 2.51. The zero-order valence-electron chi connectivity index (χ0n) is 8.07. The minimum Gasteiger partial charge on any atom is -0.468 e. The van der Waals surface area contributed by atoms with Gasteiger partial charge in [-0.15, -0.1) is 0 Å². The molecule has 0 fully saturated rings. The van der Waals surface area contributed by atoms with Crippen LogP contribution in [-0.2, 0) is 16.0 Å². The molecule has 0 saturated carbocycles. The normalized spacial score (nSPS) is 18.8. The second kappa shape index (κ2) is 3.66. The summed E-state index contributed by atoms with van der Waals surface area (Å²) in [6.07, 6.45) is 4.84. The minimum absolute atomic E-state index is 0.187. The summed E-state index contributed by atoms with van der Waals surface area (Å²) in [6, 6.07) is 7.98. The molecule has 0 saturated heterocycles. The first-order valence-corrected chi connectivity index (χ1v) is 4.65. The van der Waals surface area contributed by atoms with Gasteiger partial charge in [-0.05, 0) is 17.5 Å². The van der Waals surface area contributed by atoms with Crippen LogP contribution in [0, 0.1) is 0 Å². The maximum absolute atomic E-state index is 11.5. The predicted molar refractivity (Wildman–Crippen MR) is 54.0 cm³/mol. The summed E-state index contributed by atoms with van der Waals surface area (Å²) in [5, 5.41) is 0. The molecule has 1 atom stereocenters. The fraction of sp³-hybridized carbons (Fsp3) is 0.250. The Hall–Kier alpha value is -1.57.